The Kier molecular flexibility index (Phi) is 5.64. The lowest BCUT2D eigenvalue weighted by atomic mass is 10.2. The molecule has 0 bridgehead atoms. The van der Waals surface area contributed by atoms with E-state index >= 15 is 0 Å². The van der Waals surface area contributed by atoms with Crippen LogP contribution in [0.25, 0.3) is 0 Å². The fourth-order valence-electron chi connectivity index (χ4n) is 1.82. The van der Waals surface area contributed by atoms with Gasteiger partial charge in [-0.3, -0.25) is 4.79 Å². The highest BCUT2D eigenvalue weighted by atomic mass is 35.5. The molecule has 0 saturated carbocycles. The summed E-state index contributed by atoms with van der Waals surface area (Å²) in [6.45, 7) is 1.39. The molecule has 0 aromatic heterocycles. The topological polar surface area (TPSA) is 81.4 Å². The molecule has 1 amide bonds. The van der Waals surface area contributed by atoms with Crippen LogP contribution < -0.4 is 11.1 Å². The highest BCUT2D eigenvalue weighted by molar-refractivity contribution is 6.33. The van der Waals surface area contributed by atoms with Crippen LogP contribution in [0.3, 0.4) is 0 Å². The number of anilines is 2. The highest BCUT2D eigenvalue weighted by Crippen LogP contribution is 2.23. The van der Waals surface area contributed by atoms with Crippen LogP contribution >= 0.6 is 23.2 Å². The van der Waals surface area contributed by atoms with Crippen LogP contribution in [0.2, 0.25) is 10.0 Å². The molecule has 5 nitrogen and oxygen atoms in total. The second-order valence-electron chi connectivity index (χ2n) is 4.89. The molecule has 0 aliphatic heterocycles. The molecule has 0 heterocycles. The number of ether oxygens (including phenoxy) is 1. The molecular weight excluding hydrogens is 358 g/mol. The fourth-order valence-corrected chi connectivity index (χ4v) is 2.22. The second-order valence-corrected chi connectivity index (χ2v) is 5.74. The first-order valence-electron chi connectivity index (χ1n) is 6.80. The first-order chi connectivity index (χ1) is 11.3. The van der Waals surface area contributed by atoms with Gasteiger partial charge < -0.3 is 15.8 Å². The largest absolute Gasteiger partial charge is 0.449 e. The molecule has 0 saturated heterocycles. The molecule has 8 heteroatoms. The summed E-state index contributed by atoms with van der Waals surface area (Å²) in [5.41, 5.74) is 6.14. The van der Waals surface area contributed by atoms with Crippen LogP contribution in [0.4, 0.5) is 15.8 Å². The van der Waals surface area contributed by atoms with Crippen molar-refractivity contribution in [1.29, 1.82) is 0 Å². The molecular formula is C16H13Cl2FN2O3. The molecule has 1 atom stereocenters. The third kappa shape index (κ3) is 4.37. The molecule has 126 valence electrons. The van der Waals surface area contributed by atoms with E-state index in [9.17, 15) is 14.0 Å². The van der Waals surface area contributed by atoms with E-state index in [4.69, 9.17) is 33.7 Å². The van der Waals surface area contributed by atoms with E-state index in [0.29, 0.717) is 5.02 Å². The Hall–Kier alpha value is -2.31. The fraction of sp³-hybridized carbons (Fsp3) is 0.125. The minimum Gasteiger partial charge on any atom is -0.449 e. The van der Waals surface area contributed by atoms with Gasteiger partial charge in [0.1, 0.15) is 5.82 Å². The van der Waals surface area contributed by atoms with E-state index in [0.717, 1.165) is 12.1 Å². The maximum Gasteiger partial charge on any atom is 0.341 e. The van der Waals surface area contributed by atoms with Crippen LogP contribution in [-0.2, 0) is 9.53 Å². The molecule has 3 N–H and O–H groups in total. The SMILES string of the molecule is C[C@H](OC(=O)c1ccc(Cl)cc1N)C(=O)Nc1ccc(F)cc1Cl. The number of benzene rings is 2. The maximum atomic E-state index is 13.0. The Morgan fingerprint density at radius 1 is 1.21 bits per heavy atom. The van der Waals surface area contributed by atoms with Gasteiger partial charge in [-0.15, -0.1) is 0 Å². The van der Waals surface area contributed by atoms with Gasteiger partial charge in [0, 0.05) is 10.7 Å². The van der Waals surface area contributed by atoms with Gasteiger partial charge in [-0.2, -0.15) is 0 Å². The number of carbonyl (C=O) groups excluding carboxylic acids is 2. The number of nitrogens with one attached hydrogen (secondary N) is 1. The van der Waals surface area contributed by atoms with E-state index in [-0.39, 0.29) is 22.0 Å². The van der Waals surface area contributed by atoms with Gasteiger partial charge in [0.15, 0.2) is 6.10 Å². The van der Waals surface area contributed by atoms with Crippen molar-refractivity contribution in [1.82, 2.24) is 0 Å². The molecule has 24 heavy (non-hydrogen) atoms. The summed E-state index contributed by atoms with van der Waals surface area (Å²) in [7, 11) is 0. The van der Waals surface area contributed by atoms with Crippen molar-refractivity contribution in [2.75, 3.05) is 11.1 Å². The smallest absolute Gasteiger partial charge is 0.341 e. The minimum absolute atomic E-state index is 0.0313. The first kappa shape index (κ1) is 18.0. The number of nitrogens with two attached hydrogens (primary N) is 1. The Morgan fingerprint density at radius 3 is 2.54 bits per heavy atom. The van der Waals surface area contributed by atoms with Crippen LogP contribution in [0.1, 0.15) is 17.3 Å². The van der Waals surface area contributed by atoms with Gasteiger partial charge in [-0.25, -0.2) is 9.18 Å². The van der Waals surface area contributed by atoms with E-state index in [1.54, 1.807) is 0 Å². The van der Waals surface area contributed by atoms with Crippen molar-refractivity contribution in [2.24, 2.45) is 0 Å². The van der Waals surface area contributed by atoms with Gasteiger partial charge in [-0.1, -0.05) is 23.2 Å². The Bertz CT molecular complexity index is 799. The Labute approximate surface area is 147 Å². The van der Waals surface area contributed by atoms with Crippen molar-refractivity contribution >= 4 is 46.5 Å². The summed E-state index contributed by atoms with van der Waals surface area (Å²) in [4.78, 5) is 24.1. The van der Waals surface area contributed by atoms with Crippen molar-refractivity contribution in [3.05, 3.63) is 57.8 Å². The molecule has 2 aromatic carbocycles. The lowest BCUT2D eigenvalue weighted by Gasteiger charge is -2.15. The number of nitrogen functional groups attached to an aromatic ring is 1. The molecule has 0 aliphatic rings. The van der Waals surface area contributed by atoms with Crippen LogP contribution in [-0.4, -0.2) is 18.0 Å². The number of hydrogen-bond acceptors (Lipinski definition) is 4. The van der Waals surface area contributed by atoms with E-state index < -0.39 is 23.8 Å². The molecule has 0 radical (unpaired) electrons. The third-order valence-electron chi connectivity index (χ3n) is 3.08. The summed E-state index contributed by atoms with van der Waals surface area (Å²) < 4.78 is 18.0. The normalized spacial score (nSPS) is 11.7. The summed E-state index contributed by atoms with van der Waals surface area (Å²) in [5, 5.41) is 2.86. The van der Waals surface area contributed by atoms with Gasteiger partial charge in [0.05, 0.1) is 16.3 Å². The van der Waals surface area contributed by atoms with E-state index in [1.165, 1.54) is 31.2 Å². The predicted octanol–water partition coefficient (Wildman–Crippen LogP) is 3.90. The Morgan fingerprint density at radius 2 is 1.92 bits per heavy atom. The zero-order valence-corrected chi connectivity index (χ0v) is 14.0. The van der Waals surface area contributed by atoms with Gasteiger partial charge in [-0.05, 0) is 43.3 Å². The van der Waals surface area contributed by atoms with E-state index in [1.807, 2.05) is 0 Å². The quantitative estimate of drug-likeness (QED) is 0.631. The number of amides is 1. The lowest BCUT2D eigenvalue weighted by Crippen LogP contribution is -2.30. The average molecular weight is 371 g/mol. The van der Waals surface area contributed by atoms with Gasteiger partial charge >= 0.3 is 5.97 Å². The van der Waals surface area contributed by atoms with Crippen molar-refractivity contribution in [3.63, 3.8) is 0 Å². The van der Waals surface area contributed by atoms with Crippen LogP contribution in [0.5, 0.6) is 0 Å². The minimum atomic E-state index is -1.12. The van der Waals surface area contributed by atoms with E-state index in [2.05, 4.69) is 5.32 Å². The summed E-state index contributed by atoms with van der Waals surface area (Å²) in [6, 6.07) is 7.80. The number of carbonyl (C=O) groups is 2. The molecule has 0 spiro atoms. The van der Waals surface area contributed by atoms with Gasteiger partial charge in [0.2, 0.25) is 0 Å². The molecule has 0 fully saturated rings. The molecule has 2 rings (SSSR count). The average Bonchev–Trinajstić information content (AvgIpc) is 2.49. The maximum absolute atomic E-state index is 13.0. The lowest BCUT2D eigenvalue weighted by molar-refractivity contribution is -0.123. The van der Waals surface area contributed by atoms with Crippen LogP contribution in [0, 0.1) is 5.82 Å². The first-order valence-corrected chi connectivity index (χ1v) is 7.55. The van der Waals surface area contributed by atoms with Gasteiger partial charge in [0.25, 0.3) is 5.91 Å². The highest BCUT2D eigenvalue weighted by Gasteiger charge is 2.21. The summed E-state index contributed by atoms with van der Waals surface area (Å²) >= 11 is 11.6. The standard InChI is InChI=1S/C16H13Cl2FN2O3/c1-8(15(22)21-14-5-3-10(19)7-12(14)18)24-16(23)11-4-2-9(17)6-13(11)20/h2-8H,20H2,1H3,(H,21,22)/t8-/m0/s1. The number of hydrogen-bond donors (Lipinski definition) is 2. The van der Waals surface area contributed by atoms with Crippen molar-refractivity contribution in [3.8, 4) is 0 Å². The Balaban J connectivity index is 2.04. The molecule has 0 unspecified atom stereocenters. The second kappa shape index (κ2) is 7.51. The summed E-state index contributed by atoms with van der Waals surface area (Å²) in [5.74, 6) is -1.92. The third-order valence-corrected chi connectivity index (χ3v) is 3.62. The molecule has 2 aromatic rings. The molecule has 0 aliphatic carbocycles. The summed E-state index contributed by atoms with van der Waals surface area (Å²) in [6.07, 6.45) is -1.12. The zero-order chi connectivity index (χ0) is 17.9. The van der Waals surface area contributed by atoms with Crippen LogP contribution in [0.15, 0.2) is 36.4 Å². The number of halogens is 3. The van der Waals surface area contributed by atoms with Crippen molar-refractivity contribution < 1.29 is 18.7 Å². The predicted molar refractivity (Wildman–Crippen MR) is 90.8 cm³/mol. The monoisotopic (exact) mass is 370 g/mol. The zero-order valence-electron chi connectivity index (χ0n) is 12.5. The van der Waals surface area contributed by atoms with Crippen molar-refractivity contribution in [2.45, 2.75) is 13.0 Å². The number of rotatable bonds is 4. The number of esters is 1.